The lowest BCUT2D eigenvalue weighted by Crippen LogP contribution is -2.32. The Kier molecular flexibility index (Phi) is 6.09. The van der Waals surface area contributed by atoms with Crippen molar-refractivity contribution in [3.63, 3.8) is 0 Å². The van der Waals surface area contributed by atoms with Gasteiger partial charge < -0.3 is 15.0 Å². The summed E-state index contributed by atoms with van der Waals surface area (Å²) in [7, 11) is 1.69. The van der Waals surface area contributed by atoms with E-state index in [9.17, 15) is 4.79 Å². The normalized spacial score (nSPS) is 18.6. The second kappa shape index (κ2) is 8.91. The van der Waals surface area contributed by atoms with E-state index in [0.29, 0.717) is 6.42 Å². The zero-order valence-corrected chi connectivity index (χ0v) is 17.4. The molecule has 6 nitrogen and oxygen atoms in total. The molecular formula is C23H30N4O2. The third-order valence-electron chi connectivity index (χ3n) is 6.01. The lowest BCUT2D eigenvalue weighted by Gasteiger charge is -2.25. The smallest absolute Gasteiger partial charge is 0.223 e. The Labute approximate surface area is 172 Å². The van der Waals surface area contributed by atoms with Crippen LogP contribution in [0.1, 0.15) is 59.9 Å². The van der Waals surface area contributed by atoms with Gasteiger partial charge in [0.05, 0.1) is 13.2 Å². The third kappa shape index (κ3) is 4.42. The molecule has 0 aliphatic carbocycles. The molecule has 4 rings (SSSR count). The van der Waals surface area contributed by atoms with Gasteiger partial charge in [0, 0.05) is 49.9 Å². The second-order valence-electron chi connectivity index (χ2n) is 8.03. The average Bonchev–Trinajstić information content (AvgIpc) is 3.23. The molecule has 1 unspecified atom stereocenters. The topological polar surface area (TPSA) is 67.3 Å². The van der Waals surface area contributed by atoms with Crippen LogP contribution in [0.3, 0.4) is 0 Å². The first-order chi connectivity index (χ1) is 14.2. The molecule has 1 amide bonds. The molecule has 1 N–H and O–H groups in total. The van der Waals surface area contributed by atoms with Crippen molar-refractivity contribution in [1.82, 2.24) is 20.2 Å². The predicted octanol–water partition coefficient (Wildman–Crippen LogP) is 3.13. The number of hydrogen-bond acceptors (Lipinski definition) is 5. The van der Waals surface area contributed by atoms with Gasteiger partial charge in [0.2, 0.25) is 5.91 Å². The molecule has 1 atom stereocenters. The third-order valence-corrected chi connectivity index (χ3v) is 6.01. The average molecular weight is 395 g/mol. The number of nitrogens with one attached hydrogen (secondary N) is 1. The van der Waals surface area contributed by atoms with Crippen LogP contribution < -0.4 is 10.1 Å². The molecule has 29 heavy (non-hydrogen) atoms. The molecule has 6 heteroatoms. The number of likely N-dealkylation sites (tertiary alicyclic amines) is 1. The lowest BCUT2D eigenvalue weighted by molar-refractivity contribution is -0.132. The van der Waals surface area contributed by atoms with Crippen LogP contribution in [0.15, 0.2) is 24.4 Å². The van der Waals surface area contributed by atoms with Gasteiger partial charge >= 0.3 is 0 Å². The Bertz CT molecular complexity index is 883. The summed E-state index contributed by atoms with van der Waals surface area (Å²) in [6.45, 7) is 4.67. The molecule has 1 aromatic carbocycles. The predicted molar refractivity (Wildman–Crippen MR) is 112 cm³/mol. The van der Waals surface area contributed by atoms with E-state index in [1.807, 2.05) is 17.2 Å². The number of carbonyl (C=O) groups excluding carboxylic acids is 1. The van der Waals surface area contributed by atoms with Crippen LogP contribution in [-0.2, 0) is 24.2 Å². The van der Waals surface area contributed by atoms with E-state index < -0.39 is 0 Å². The van der Waals surface area contributed by atoms with Crippen LogP contribution in [0.25, 0.3) is 0 Å². The molecule has 0 spiro atoms. The zero-order chi connectivity index (χ0) is 20.2. The monoisotopic (exact) mass is 394 g/mol. The number of carbonyl (C=O) groups is 1. The Morgan fingerprint density at radius 3 is 3.10 bits per heavy atom. The lowest BCUT2D eigenvalue weighted by atomic mass is 10.0. The first-order valence-electron chi connectivity index (χ1n) is 10.6. The number of amides is 1. The van der Waals surface area contributed by atoms with Crippen molar-refractivity contribution in [3.8, 4) is 5.75 Å². The summed E-state index contributed by atoms with van der Waals surface area (Å²) < 4.78 is 5.32. The van der Waals surface area contributed by atoms with E-state index in [4.69, 9.17) is 9.72 Å². The molecular weight excluding hydrogens is 364 g/mol. The highest BCUT2D eigenvalue weighted by atomic mass is 16.5. The number of hydrogen-bond donors (Lipinski definition) is 1. The van der Waals surface area contributed by atoms with Gasteiger partial charge in [-0.05, 0) is 49.8 Å². The van der Waals surface area contributed by atoms with Crippen LogP contribution in [0.2, 0.25) is 0 Å². The standard InChI is InChI=1S/C23H30N4O2/c1-16-13-17(8-9-21(16)29-2)5-3-7-22(28)27-12-4-6-20(27)23-25-15-18-14-24-11-10-19(18)26-23/h8-9,13,15,20,24H,3-7,10-12,14H2,1-2H3. The molecule has 1 saturated heterocycles. The maximum absolute atomic E-state index is 12.9. The minimum absolute atomic E-state index is 0.0333. The summed E-state index contributed by atoms with van der Waals surface area (Å²) in [4.78, 5) is 24.3. The highest BCUT2D eigenvalue weighted by Gasteiger charge is 2.32. The summed E-state index contributed by atoms with van der Waals surface area (Å²) in [5.41, 5.74) is 4.71. The highest BCUT2D eigenvalue weighted by Crippen LogP contribution is 2.31. The van der Waals surface area contributed by atoms with Crippen molar-refractivity contribution in [2.75, 3.05) is 20.2 Å². The molecule has 0 bridgehead atoms. The Morgan fingerprint density at radius 2 is 2.28 bits per heavy atom. The minimum Gasteiger partial charge on any atom is -0.496 e. The van der Waals surface area contributed by atoms with Crippen molar-refractivity contribution < 1.29 is 9.53 Å². The van der Waals surface area contributed by atoms with E-state index >= 15 is 0 Å². The molecule has 154 valence electrons. The maximum Gasteiger partial charge on any atom is 0.223 e. The Hall–Kier alpha value is -2.47. The van der Waals surface area contributed by atoms with Crippen LogP contribution in [0, 0.1) is 6.92 Å². The number of rotatable bonds is 6. The number of aryl methyl sites for hydroxylation is 2. The Morgan fingerprint density at radius 1 is 1.38 bits per heavy atom. The summed E-state index contributed by atoms with van der Waals surface area (Å²) in [6.07, 6.45) is 7.18. The van der Waals surface area contributed by atoms with E-state index in [0.717, 1.165) is 74.6 Å². The molecule has 0 saturated carbocycles. The van der Waals surface area contributed by atoms with E-state index in [2.05, 4.69) is 29.4 Å². The van der Waals surface area contributed by atoms with Crippen molar-refractivity contribution in [1.29, 1.82) is 0 Å². The van der Waals surface area contributed by atoms with Crippen LogP contribution in [-0.4, -0.2) is 41.0 Å². The summed E-state index contributed by atoms with van der Waals surface area (Å²) in [5, 5.41) is 3.35. The van der Waals surface area contributed by atoms with E-state index in [-0.39, 0.29) is 11.9 Å². The molecule has 1 aromatic heterocycles. The van der Waals surface area contributed by atoms with Gasteiger partial charge in [-0.15, -0.1) is 0 Å². The van der Waals surface area contributed by atoms with Gasteiger partial charge in [-0.25, -0.2) is 9.97 Å². The van der Waals surface area contributed by atoms with Gasteiger partial charge in [-0.2, -0.15) is 0 Å². The first kappa shape index (κ1) is 19.8. The van der Waals surface area contributed by atoms with Crippen LogP contribution >= 0.6 is 0 Å². The largest absolute Gasteiger partial charge is 0.496 e. The number of methoxy groups -OCH3 is 1. The van der Waals surface area contributed by atoms with Gasteiger partial charge in [0.15, 0.2) is 5.82 Å². The fraction of sp³-hybridized carbons (Fsp3) is 0.522. The fourth-order valence-electron chi connectivity index (χ4n) is 4.43. The van der Waals surface area contributed by atoms with Gasteiger partial charge in [0.25, 0.3) is 0 Å². The minimum atomic E-state index is 0.0333. The van der Waals surface area contributed by atoms with E-state index in [1.165, 1.54) is 11.1 Å². The second-order valence-corrected chi connectivity index (χ2v) is 8.03. The van der Waals surface area contributed by atoms with Crippen molar-refractivity contribution >= 4 is 5.91 Å². The number of ether oxygens (including phenoxy) is 1. The molecule has 2 aliphatic rings. The molecule has 0 radical (unpaired) electrons. The van der Waals surface area contributed by atoms with Crippen molar-refractivity contribution in [2.24, 2.45) is 0 Å². The number of nitrogens with zero attached hydrogens (tertiary/aromatic N) is 3. The molecule has 3 heterocycles. The number of fused-ring (bicyclic) bond motifs is 1. The highest BCUT2D eigenvalue weighted by molar-refractivity contribution is 5.77. The van der Waals surface area contributed by atoms with Gasteiger partial charge in [-0.3, -0.25) is 4.79 Å². The molecule has 2 aromatic rings. The van der Waals surface area contributed by atoms with Gasteiger partial charge in [0.1, 0.15) is 5.75 Å². The summed E-state index contributed by atoms with van der Waals surface area (Å²) in [6, 6.07) is 6.28. The summed E-state index contributed by atoms with van der Waals surface area (Å²) in [5.74, 6) is 1.95. The zero-order valence-electron chi connectivity index (χ0n) is 17.4. The molecule has 1 fully saturated rings. The van der Waals surface area contributed by atoms with Crippen molar-refractivity contribution in [3.05, 3.63) is 52.6 Å². The summed E-state index contributed by atoms with van der Waals surface area (Å²) >= 11 is 0. The van der Waals surface area contributed by atoms with Gasteiger partial charge in [-0.1, -0.05) is 12.1 Å². The SMILES string of the molecule is COc1ccc(CCCC(=O)N2CCCC2c2ncc3c(n2)CCNC3)cc1C. The molecule has 2 aliphatic heterocycles. The van der Waals surface area contributed by atoms with Crippen LogP contribution in [0.5, 0.6) is 5.75 Å². The number of benzene rings is 1. The Balaban J connectivity index is 1.36. The first-order valence-corrected chi connectivity index (χ1v) is 10.6. The van der Waals surface area contributed by atoms with E-state index in [1.54, 1.807) is 7.11 Å². The number of aromatic nitrogens is 2. The quantitative estimate of drug-likeness (QED) is 0.815. The maximum atomic E-state index is 12.9. The fourth-order valence-corrected chi connectivity index (χ4v) is 4.43. The van der Waals surface area contributed by atoms with Crippen LogP contribution in [0.4, 0.5) is 0 Å². The van der Waals surface area contributed by atoms with Crippen molar-refractivity contribution in [2.45, 2.75) is 58.0 Å².